The number of alkyl halides is 3. The Morgan fingerprint density at radius 2 is 1.84 bits per heavy atom. The van der Waals surface area contributed by atoms with Crippen LogP contribution in [0.2, 0.25) is 0 Å². The van der Waals surface area contributed by atoms with Crippen LogP contribution in [0.25, 0.3) is 0 Å². The maximum absolute atomic E-state index is 10.3. The SMILES string of the molecule is ClC1CC1(Cl)Cl.O=C(O)Cc1ccc([N+](=O)[O-])cc1. The van der Waals surface area contributed by atoms with Gasteiger partial charge in [0.25, 0.3) is 5.69 Å². The standard InChI is InChI=1S/C8H7NO4.C3H3Cl3/c10-8(11)5-6-1-3-7(4-2-6)9(12)13;4-2-1-3(2,5)6/h1-4H,5H2,(H,10,11);2H,1H2. The van der Waals surface area contributed by atoms with Gasteiger partial charge in [-0.25, -0.2) is 0 Å². The molecule has 1 unspecified atom stereocenters. The summed E-state index contributed by atoms with van der Waals surface area (Å²) in [4.78, 5) is 20.0. The van der Waals surface area contributed by atoms with E-state index in [1.807, 2.05) is 0 Å². The van der Waals surface area contributed by atoms with Gasteiger partial charge in [-0.3, -0.25) is 14.9 Å². The summed E-state index contributed by atoms with van der Waals surface area (Å²) in [5.41, 5.74) is 0.521. The highest BCUT2D eigenvalue weighted by atomic mass is 35.5. The molecular weight excluding hydrogens is 316 g/mol. The Bertz CT molecular complexity index is 475. The van der Waals surface area contributed by atoms with Crippen molar-refractivity contribution in [3.8, 4) is 0 Å². The molecule has 1 aliphatic rings. The lowest BCUT2D eigenvalue weighted by atomic mass is 10.1. The average Bonchev–Trinajstić information content (AvgIpc) is 2.84. The molecule has 0 saturated heterocycles. The molecular formula is C11H10Cl3NO4. The first-order valence-corrected chi connectivity index (χ1v) is 6.38. The van der Waals surface area contributed by atoms with Crippen molar-refractivity contribution >= 4 is 46.5 Å². The van der Waals surface area contributed by atoms with E-state index < -0.39 is 15.2 Å². The molecule has 2 rings (SSSR count). The third-order valence-electron chi connectivity index (χ3n) is 2.25. The van der Waals surface area contributed by atoms with E-state index >= 15 is 0 Å². The van der Waals surface area contributed by atoms with Gasteiger partial charge in [-0.15, -0.1) is 11.6 Å². The van der Waals surface area contributed by atoms with Crippen molar-refractivity contribution in [2.75, 3.05) is 0 Å². The molecule has 1 saturated carbocycles. The number of halogens is 3. The van der Waals surface area contributed by atoms with Gasteiger partial charge in [0.1, 0.15) is 4.33 Å². The van der Waals surface area contributed by atoms with Gasteiger partial charge in [0.2, 0.25) is 0 Å². The molecule has 0 amide bonds. The van der Waals surface area contributed by atoms with Crippen molar-refractivity contribution in [3.05, 3.63) is 39.9 Å². The van der Waals surface area contributed by atoms with Crippen molar-refractivity contribution in [2.45, 2.75) is 22.6 Å². The van der Waals surface area contributed by atoms with Crippen LogP contribution in [0, 0.1) is 10.1 Å². The van der Waals surface area contributed by atoms with Gasteiger partial charge in [-0.05, 0) is 5.56 Å². The first-order chi connectivity index (χ1) is 8.72. The van der Waals surface area contributed by atoms with Crippen molar-refractivity contribution in [1.29, 1.82) is 0 Å². The summed E-state index contributed by atoms with van der Waals surface area (Å²) in [6.07, 6.45) is 0.621. The van der Waals surface area contributed by atoms with Crippen LogP contribution in [0.4, 0.5) is 5.69 Å². The number of nitrogens with zero attached hydrogens (tertiary/aromatic N) is 1. The number of nitro groups is 1. The smallest absolute Gasteiger partial charge is 0.307 e. The van der Waals surface area contributed by atoms with Crippen LogP contribution in [0.15, 0.2) is 24.3 Å². The largest absolute Gasteiger partial charge is 0.481 e. The molecule has 1 N–H and O–H groups in total. The van der Waals surface area contributed by atoms with Crippen LogP contribution in [0.3, 0.4) is 0 Å². The summed E-state index contributed by atoms with van der Waals surface area (Å²) < 4.78 is -0.582. The van der Waals surface area contributed by atoms with Crippen molar-refractivity contribution in [3.63, 3.8) is 0 Å². The minimum atomic E-state index is -0.950. The molecule has 5 nitrogen and oxygen atoms in total. The number of non-ortho nitro benzene ring substituents is 1. The molecule has 19 heavy (non-hydrogen) atoms. The molecule has 0 aromatic heterocycles. The van der Waals surface area contributed by atoms with Gasteiger partial charge in [0.05, 0.1) is 16.7 Å². The quantitative estimate of drug-likeness (QED) is 0.524. The number of hydrogen-bond acceptors (Lipinski definition) is 3. The summed E-state index contributed by atoms with van der Waals surface area (Å²) in [6.45, 7) is 0. The fourth-order valence-corrected chi connectivity index (χ4v) is 1.80. The summed E-state index contributed by atoms with van der Waals surface area (Å²) >= 11 is 16.3. The number of carboxylic acid groups (broad SMARTS) is 1. The van der Waals surface area contributed by atoms with E-state index in [1.165, 1.54) is 24.3 Å². The molecule has 1 aliphatic carbocycles. The van der Waals surface area contributed by atoms with E-state index in [0.717, 1.165) is 6.42 Å². The number of aliphatic carboxylic acids is 1. The minimum absolute atomic E-state index is 0.000772. The van der Waals surface area contributed by atoms with Crippen LogP contribution >= 0.6 is 34.8 Å². The molecule has 8 heteroatoms. The highest BCUT2D eigenvalue weighted by Crippen LogP contribution is 2.50. The second-order valence-corrected chi connectivity index (χ2v) is 6.00. The molecule has 0 bridgehead atoms. The zero-order chi connectivity index (χ0) is 14.6. The zero-order valence-electron chi connectivity index (χ0n) is 9.55. The van der Waals surface area contributed by atoms with Gasteiger partial charge in [-0.1, -0.05) is 35.3 Å². The Balaban J connectivity index is 0.000000250. The first kappa shape index (κ1) is 16.0. The maximum atomic E-state index is 10.3. The summed E-state index contributed by atoms with van der Waals surface area (Å²) in [7, 11) is 0. The molecule has 0 radical (unpaired) electrons. The number of rotatable bonds is 3. The highest BCUT2D eigenvalue weighted by Gasteiger charge is 2.50. The highest BCUT2D eigenvalue weighted by molar-refractivity contribution is 6.56. The molecule has 104 valence electrons. The Morgan fingerprint density at radius 3 is 2.11 bits per heavy atom. The maximum Gasteiger partial charge on any atom is 0.307 e. The van der Waals surface area contributed by atoms with Crippen LogP contribution in [0.1, 0.15) is 12.0 Å². The van der Waals surface area contributed by atoms with E-state index in [9.17, 15) is 14.9 Å². The molecule has 1 aromatic rings. The first-order valence-electron chi connectivity index (χ1n) is 5.19. The lowest BCUT2D eigenvalue weighted by Crippen LogP contribution is -1.99. The third-order valence-corrected chi connectivity index (χ3v) is 3.84. The average molecular weight is 327 g/mol. The van der Waals surface area contributed by atoms with E-state index in [4.69, 9.17) is 39.9 Å². The summed E-state index contributed by atoms with van der Waals surface area (Å²) in [5.74, 6) is -0.950. The van der Waals surface area contributed by atoms with Crippen molar-refractivity contribution in [2.24, 2.45) is 0 Å². The topological polar surface area (TPSA) is 80.4 Å². The lowest BCUT2D eigenvalue weighted by Gasteiger charge is -1.95. The van der Waals surface area contributed by atoms with Gasteiger partial charge in [0.15, 0.2) is 0 Å². The summed E-state index contributed by atoms with van der Waals surface area (Å²) in [5, 5.41) is 18.6. The molecule has 0 aliphatic heterocycles. The lowest BCUT2D eigenvalue weighted by molar-refractivity contribution is -0.384. The van der Waals surface area contributed by atoms with Crippen LogP contribution in [-0.2, 0) is 11.2 Å². The number of benzene rings is 1. The van der Waals surface area contributed by atoms with Gasteiger partial charge < -0.3 is 5.11 Å². The fourth-order valence-electron chi connectivity index (χ4n) is 1.09. The monoisotopic (exact) mass is 325 g/mol. The molecule has 1 aromatic carbocycles. The summed E-state index contributed by atoms with van der Waals surface area (Å²) in [6, 6.07) is 5.45. The van der Waals surface area contributed by atoms with E-state index in [1.54, 1.807) is 0 Å². The van der Waals surface area contributed by atoms with Gasteiger partial charge >= 0.3 is 5.97 Å². The number of hydrogen-bond donors (Lipinski definition) is 1. The second-order valence-electron chi connectivity index (χ2n) is 3.93. The van der Waals surface area contributed by atoms with Crippen LogP contribution < -0.4 is 0 Å². The van der Waals surface area contributed by atoms with Crippen LogP contribution in [-0.4, -0.2) is 25.7 Å². The Hall–Kier alpha value is -1.04. The number of nitro benzene ring substituents is 1. The third kappa shape index (κ3) is 5.63. The predicted molar refractivity (Wildman–Crippen MR) is 73.1 cm³/mol. The van der Waals surface area contributed by atoms with E-state index in [2.05, 4.69) is 0 Å². The van der Waals surface area contributed by atoms with Gasteiger partial charge in [0, 0.05) is 18.6 Å². The van der Waals surface area contributed by atoms with Crippen molar-refractivity contribution < 1.29 is 14.8 Å². The van der Waals surface area contributed by atoms with E-state index in [-0.39, 0.29) is 17.5 Å². The second kappa shape index (κ2) is 6.41. The minimum Gasteiger partial charge on any atom is -0.481 e. The number of carbonyl (C=O) groups is 1. The van der Waals surface area contributed by atoms with E-state index in [0.29, 0.717) is 5.56 Å². The normalized spacial score (nSPS) is 19.0. The van der Waals surface area contributed by atoms with Crippen LogP contribution in [0.5, 0.6) is 0 Å². The Kier molecular flexibility index (Phi) is 5.40. The fraction of sp³-hybridized carbons (Fsp3) is 0.364. The predicted octanol–water partition coefficient (Wildman–Crippen LogP) is 3.39. The Morgan fingerprint density at radius 1 is 1.42 bits per heavy atom. The molecule has 0 spiro atoms. The zero-order valence-corrected chi connectivity index (χ0v) is 11.8. The molecule has 0 heterocycles. The Labute approximate surface area is 124 Å². The molecule has 1 fully saturated rings. The molecule has 1 atom stereocenters. The van der Waals surface area contributed by atoms with Crippen molar-refractivity contribution in [1.82, 2.24) is 0 Å². The number of carboxylic acids is 1. The van der Waals surface area contributed by atoms with Gasteiger partial charge in [-0.2, -0.15) is 0 Å².